The lowest BCUT2D eigenvalue weighted by Crippen LogP contribution is -2.34. The Hall–Kier alpha value is -1.20. The Morgan fingerprint density at radius 2 is 1.79 bits per heavy atom. The quantitative estimate of drug-likeness (QED) is 0.769. The van der Waals surface area contributed by atoms with E-state index in [0.29, 0.717) is 6.42 Å². The Labute approximate surface area is 115 Å². The molecule has 0 aromatic heterocycles. The molecule has 4 nitrogen and oxygen atoms in total. The molecule has 0 N–H and O–H groups in total. The van der Waals surface area contributed by atoms with Crippen LogP contribution in [0.15, 0.2) is 30.3 Å². The second-order valence-corrected chi connectivity index (χ2v) is 7.14. The van der Waals surface area contributed by atoms with E-state index in [1.165, 1.54) is 4.31 Å². The lowest BCUT2D eigenvalue weighted by molar-refractivity contribution is -0.120. The number of hydrogen-bond acceptors (Lipinski definition) is 3. The van der Waals surface area contributed by atoms with Gasteiger partial charge in [0.2, 0.25) is 10.0 Å². The van der Waals surface area contributed by atoms with Crippen molar-refractivity contribution in [1.29, 1.82) is 0 Å². The maximum Gasteiger partial charge on any atom is 0.211 e. The molecule has 0 saturated carbocycles. The van der Waals surface area contributed by atoms with Crippen molar-refractivity contribution in [3.63, 3.8) is 0 Å². The minimum Gasteiger partial charge on any atom is -0.298 e. The van der Waals surface area contributed by atoms with Gasteiger partial charge in [0.25, 0.3) is 0 Å². The zero-order valence-corrected chi connectivity index (χ0v) is 12.5. The molecule has 0 atom stereocenters. The van der Waals surface area contributed by atoms with E-state index in [4.69, 9.17) is 0 Å². The fraction of sp³-hybridized carbons (Fsp3) is 0.500. The first-order chi connectivity index (χ1) is 8.79. The van der Waals surface area contributed by atoms with Gasteiger partial charge in [-0.15, -0.1) is 0 Å². The van der Waals surface area contributed by atoms with Crippen molar-refractivity contribution in [1.82, 2.24) is 4.31 Å². The van der Waals surface area contributed by atoms with Gasteiger partial charge in [-0.25, -0.2) is 8.42 Å². The zero-order chi connectivity index (χ0) is 14.5. The molecule has 19 heavy (non-hydrogen) atoms. The highest BCUT2D eigenvalue weighted by atomic mass is 32.2. The molecule has 1 aromatic rings. The van der Waals surface area contributed by atoms with Crippen LogP contribution in [0.4, 0.5) is 0 Å². The number of Topliss-reactive ketones (excluding diaryl/α,β-unsaturated/α-hetero) is 1. The first-order valence-corrected chi connectivity index (χ1v) is 8.14. The summed E-state index contributed by atoms with van der Waals surface area (Å²) < 4.78 is 24.7. The van der Waals surface area contributed by atoms with Crippen LogP contribution in [-0.4, -0.2) is 31.3 Å². The Kier molecular flexibility index (Phi) is 5.69. The molecule has 0 fully saturated rings. The molecule has 106 valence electrons. The van der Waals surface area contributed by atoms with Crippen LogP contribution >= 0.6 is 0 Å². The molecule has 1 aromatic carbocycles. The Bertz CT molecular complexity index is 509. The van der Waals surface area contributed by atoms with Crippen LogP contribution in [0.1, 0.15) is 25.8 Å². The number of rotatable bonds is 7. The summed E-state index contributed by atoms with van der Waals surface area (Å²) in [5, 5.41) is 0. The third-order valence-electron chi connectivity index (χ3n) is 2.66. The number of benzene rings is 1. The van der Waals surface area contributed by atoms with Crippen LogP contribution in [0.25, 0.3) is 0 Å². The summed E-state index contributed by atoms with van der Waals surface area (Å²) in [6.07, 6.45) is 1.54. The minimum absolute atomic E-state index is 0.0450. The van der Waals surface area contributed by atoms with Gasteiger partial charge in [-0.05, 0) is 11.5 Å². The molecule has 0 heterocycles. The van der Waals surface area contributed by atoms with Gasteiger partial charge in [0.05, 0.1) is 12.8 Å². The van der Waals surface area contributed by atoms with E-state index in [9.17, 15) is 13.2 Å². The molecule has 1 rings (SSSR count). The number of ketones is 1. The van der Waals surface area contributed by atoms with Crippen LogP contribution in [0, 0.1) is 5.92 Å². The van der Waals surface area contributed by atoms with E-state index in [1.807, 2.05) is 44.2 Å². The van der Waals surface area contributed by atoms with Crippen LogP contribution < -0.4 is 0 Å². The number of nitrogens with zero attached hydrogens (tertiary/aromatic N) is 1. The van der Waals surface area contributed by atoms with Crippen LogP contribution in [0.5, 0.6) is 0 Å². The van der Waals surface area contributed by atoms with Gasteiger partial charge in [-0.2, -0.15) is 4.31 Å². The SMILES string of the molecule is CC(C)CC(=O)CN(Cc1ccccc1)S(C)(=O)=O. The van der Waals surface area contributed by atoms with Crippen molar-refractivity contribution >= 4 is 15.8 Å². The Balaban J connectivity index is 2.77. The molecular weight excluding hydrogens is 262 g/mol. The van der Waals surface area contributed by atoms with Crippen LogP contribution in [0.3, 0.4) is 0 Å². The average molecular weight is 283 g/mol. The van der Waals surface area contributed by atoms with Gasteiger partial charge in [0, 0.05) is 13.0 Å². The number of sulfonamides is 1. The minimum atomic E-state index is -3.38. The molecule has 0 saturated heterocycles. The summed E-state index contributed by atoms with van der Waals surface area (Å²) in [5.74, 6) is 0.196. The fourth-order valence-corrected chi connectivity index (χ4v) is 2.56. The molecule has 0 radical (unpaired) electrons. The molecule has 0 spiro atoms. The van der Waals surface area contributed by atoms with Crippen molar-refractivity contribution in [2.75, 3.05) is 12.8 Å². The van der Waals surface area contributed by atoms with E-state index in [2.05, 4.69) is 0 Å². The lowest BCUT2D eigenvalue weighted by atomic mass is 10.1. The summed E-state index contributed by atoms with van der Waals surface area (Å²) in [6, 6.07) is 9.28. The molecule has 0 unspecified atom stereocenters. The van der Waals surface area contributed by atoms with E-state index in [0.717, 1.165) is 11.8 Å². The Morgan fingerprint density at radius 1 is 1.21 bits per heavy atom. The van der Waals surface area contributed by atoms with Gasteiger partial charge in [0.15, 0.2) is 0 Å². The molecular formula is C14H21NO3S. The predicted octanol–water partition coefficient (Wildman–Crippen LogP) is 2.06. The number of hydrogen-bond donors (Lipinski definition) is 0. The summed E-state index contributed by atoms with van der Waals surface area (Å²) >= 11 is 0. The Morgan fingerprint density at radius 3 is 2.26 bits per heavy atom. The molecule has 0 aliphatic carbocycles. The smallest absolute Gasteiger partial charge is 0.211 e. The molecule has 0 aliphatic rings. The highest BCUT2D eigenvalue weighted by Gasteiger charge is 2.20. The maximum atomic E-state index is 11.8. The fourth-order valence-electron chi connectivity index (χ4n) is 1.79. The van der Waals surface area contributed by atoms with E-state index < -0.39 is 10.0 Å². The lowest BCUT2D eigenvalue weighted by Gasteiger charge is -2.19. The van der Waals surface area contributed by atoms with Crippen molar-refractivity contribution in [2.45, 2.75) is 26.8 Å². The number of carbonyl (C=O) groups excluding carboxylic acids is 1. The average Bonchev–Trinajstić information content (AvgIpc) is 2.27. The van der Waals surface area contributed by atoms with Gasteiger partial charge in [0.1, 0.15) is 5.78 Å². The largest absolute Gasteiger partial charge is 0.298 e. The third kappa shape index (κ3) is 5.98. The van der Waals surface area contributed by atoms with Gasteiger partial charge in [-0.3, -0.25) is 4.79 Å². The van der Waals surface area contributed by atoms with Gasteiger partial charge < -0.3 is 0 Å². The van der Waals surface area contributed by atoms with Crippen molar-refractivity contribution in [2.24, 2.45) is 5.92 Å². The second kappa shape index (κ2) is 6.82. The summed E-state index contributed by atoms with van der Waals surface area (Å²) in [4.78, 5) is 11.8. The van der Waals surface area contributed by atoms with Crippen molar-refractivity contribution in [3.05, 3.63) is 35.9 Å². The summed E-state index contributed by atoms with van der Waals surface area (Å²) in [6.45, 7) is 4.08. The van der Waals surface area contributed by atoms with Crippen LogP contribution in [-0.2, 0) is 21.4 Å². The highest BCUT2D eigenvalue weighted by molar-refractivity contribution is 7.88. The monoisotopic (exact) mass is 283 g/mol. The molecule has 5 heteroatoms. The number of carbonyl (C=O) groups is 1. The second-order valence-electron chi connectivity index (χ2n) is 5.15. The van der Waals surface area contributed by atoms with Gasteiger partial charge >= 0.3 is 0 Å². The summed E-state index contributed by atoms with van der Waals surface area (Å²) in [7, 11) is -3.38. The van der Waals surface area contributed by atoms with E-state index in [-0.39, 0.29) is 24.8 Å². The normalized spacial score (nSPS) is 12.1. The zero-order valence-electron chi connectivity index (χ0n) is 11.7. The molecule has 0 aliphatic heterocycles. The molecule has 0 amide bonds. The predicted molar refractivity (Wildman–Crippen MR) is 76.2 cm³/mol. The molecule has 0 bridgehead atoms. The third-order valence-corrected chi connectivity index (χ3v) is 3.86. The standard InChI is InChI=1S/C14H21NO3S/c1-12(2)9-14(16)11-15(19(3,17)18)10-13-7-5-4-6-8-13/h4-8,12H,9-11H2,1-3H3. The van der Waals surface area contributed by atoms with E-state index >= 15 is 0 Å². The van der Waals surface area contributed by atoms with Crippen molar-refractivity contribution in [3.8, 4) is 0 Å². The topological polar surface area (TPSA) is 54.5 Å². The van der Waals surface area contributed by atoms with Crippen LogP contribution in [0.2, 0.25) is 0 Å². The van der Waals surface area contributed by atoms with E-state index in [1.54, 1.807) is 0 Å². The van der Waals surface area contributed by atoms with Gasteiger partial charge in [-0.1, -0.05) is 44.2 Å². The highest BCUT2D eigenvalue weighted by Crippen LogP contribution is 2.10. The maximum absolute atomic E-state index is 11.8. The first kappa shape index (κ1) is 15.9. The first-order valence-electron chi connectivity index (χ1n) is 6.30. The summed E-state index contributed by atoms with van der Waals surface area (Å²) in [5.41, 5.74) is 0.880. The van der Waals surface area contributed by atoms with Crippen molar-refractivity contribution < 1.29 is 13.2 Å².